The lowest BCUT2D eigenvalue weighted by atomic mass is 9.94. The molecule has 0 saturated carbocycles. The van der Waals surface area contributed by atoms with Gasteiger partial charge in [0.05, 0.1) is 13.3 Å². The fourth-order valence-electron chi connectivity index (χ4n) is 4.54. The van der Waals surface area contributed by atoms with Gasteiger partial charge < -0.3 is 19.7 Å². The highest BCUT2D eigenvalue weighted by Gasteiger charge is 2.28. The van der Waals surface area contributed by atoms with Crippen LogP contribution in [0.25, 0.3) is 22.3 Å². The Bertz CT molecular complexity index is 1140. The van der Waals surface area contributed by atoms with E-state index in [-0.39, 0.29) is 5.54 Å². The van der Waals surface area contributed by atoms with Crippen LogP contribution in [0.3, 0.4) is 0 Å². The van der Waals surface area contributed by atoms with E-state index in [0.29, 0.717) is 18.5 Å². The van der Waals surface area contributed by atoms with E-state index in [0.717, 1.165) is 58.9 Å². The van der Waals surface area contributed by atoms with Crippen LogP contribution in [0, 0.1) is 0 Å². The number of hydrogen-bond donors (Lipinski definition) is 1. The molecule has 2 aliphatic heterocycles. The lowest BCUT2D eigenvalue weighted by molar-refractivity contribution is 0.302. The number of ether oxygens (including phenoxy) is 2. The van der Waals surface area contributed by atoms with E-state index in [1.54, 1.807) is 13.3 Å². The second-order valence-corrected chi connectivity index (χ2v) is 9.51. The summed E-state index contributed by atoms with van der Waals surface area (Å²) in [5.41, 5.74) is 5.48. The van der Waals surface area contributed by atoms with Gasteiger partial charge in [0.15, 0.2) is 0 Å². The molecule has 7 nitrogen and oxygen atoms in total. The minimum absolute atomic E-state index is 0.118. The number of pyridine rings is 1. The Morgan fingerprint density at radius 2 is 1.97 bits per heavy atom. The molecule has 1 aromatic carbocycles. The number of nitrogens with zero attached hydrogens (tertiary/aromatic N) is 4. The number of aromatic nitrogens is 3. The van der Waals surface area contributed by atoms with Gasteiger partial charge in [-0.15, -0.1) is 5.10 Å². The number of hydrogen-bond acceptors (Lipinski definition) is 7. The van der Waals surface area contributed by atoms with Crippen LogP contribution in [0.2, 0.25) is 0 Å². The maximum Gasteiger partial charge on any atom is 0.233 e. The summed E-state index contributed by atoms with van der Waals surface area (Å²) in [6.07, 6.45) is 4.81. The van der Waals surface area contributed by atoms with Gasteiger partial charge in [0.25, 0.3) is 0 Å². The van der Waals surface area contributed by atoms with Crippen molar-refractivity contribution < 1.29 is 9.47 Å². The van der Waals surface area contributed by atoms with Crippen molar-refractivity contribution in [2.75, 3.05) is 25.1 Å². The molecule has 166 valence electrons. The fourth-order valence-corrected chi connectivity index (χ4v) is 4.54. The van der Waals surface area contributed by atoms with Crippen LogP contribution < -0.4 is 19.7 Å². The summed E-state index contributed by atoms with van der Waals surface area (Å²) in [6, 6.07) is 10.8. The molecule has 1 fully saturated rings. The molecule has 0 bridgehead atoms. The number of rotatable bonds is 4. The van der Waals surface area contributed by atoms with Gasteiger partial charge >= 0.3 is 0 Å². The molecular formula is C25H29N5O2. The SMILES string of the molecule is COc1cc(-c2ccc3c(c2)COc2cc(N4CCC(NC(C)(C)C)C4)ncc2-3)cnn1. The molecule has 3 aromatic rings. The third kappa shape index (κ3) is 4.12. The molecule has 2 aromatic heterocycles. The highest BCUT2D eigenvalue weighted by Crippen LogP contribution is 2.40. The predicted molar refractivity (Wildman–Crippen MR) is 125 cm³/mol. The largest absolute Gasteiger partial charge is 0.488 e. The van der Waals surface area contributed by atoms with Crippen LogP contribution in [0.1, 0.15) is 32.8 Å². The van der Waals surface area contributed by atoms with Crippen LogP contribution in [0.5, 0.6) is 11.6 Å². The zero-order valence-electron chi connectivity index (χ0n) is 19.1. The Hall–Kier alpha value is -3.19. The molecule has 1 N–H and O–H groups in total. The van der Waals surface area contributed by atoms with Crippen molar-refractivity contribution in [2.45, 2.75) is 45.4 Å². The predicted octanol–water partition coefficient (Wildman–Crippen LogP) is 4.07. The molecular weight excluding hydrogens is 402 g/mol. The minimum atomic E-state index is 0.118. The van der Waals surface area contributed by atoms with E-state index >= 15 is 0 Å². The molecule has 2 aliphatic rings. The van der Waals surface area contributed by atoms with Crippen LogP contribution >= 0.6 is 0 Å². The Labute approximate surface area is 188 Å². The first-order valence-electron chi connectivity index (χ1n) is 11.1. The van der Waals surface area contributed by atoms with Crippen molar-refractivity contribution in [1.82, 2.24) is 20.5 Å². The van der Waals surface area contributed by atoms with E-state index < -0.39 is 0 Å². The molecule has 4 heterocycles. The van der Waals surface area contributed by atoms with Gasteiger partial charge in [0.1, 0.15) is 18.2 Å². The molecule has 32 heavy (non-hydrogen) atoms. The molecule has 0 spiro atoms. The molecule has 0 radical (unpaired) electrons. The van der Waals surface area contributed by atoms with E-state index in [1.165, 1.54) is 0 Å². The van der Waals surface area contributed by atoms with E-state index in [2.05, 4.69) is 65.5 Å². The van der Waals surface area contributed by atoms with Gasteiger partial charge in [-0.05, 0) is 49.9 Å². The third-order valence-corrected chi connectivity index (χ3v) is 5.95. The zero-order valence-corrected chi connectivity index (χ0v) is 19.1. The average molecular weight is 432 g/mol. The number of nitrogens with one attached hydrogen (secondary N) is 1. The third-order valence-electron chi connectivity index (χ3n) is 5.95. The molecule has 1 unspecified atom stereocenters. The van der Waals surface area contributed by atoms with Crippen molar-refractivity contribution in [3.05, 3.63) is 48.3 Å². The number of benzene rings is 1. The smallest absolute Gasteiger partial charge is 0.233 e. The van der Waals surface area contributed by atoms with Crippen molar-refractivity contribution >= 4 is 5.82 Å². The molecule has 1 atom stereocenters. The second-order valence-electron chi connectivity index (χ2n) is 9.51. The van der Waals surface area contributed by atoms with Crippen LogP contribution in [0.4, 0.5) is 5.82 Å². The van der Waals surface area contributed by atoms with Crippen LogP contribution in [-0.4, -0.2) is 47.0 Å². The maximum absolute atomic E-state index is 6.16. The van der Waals surface area contributed by atoms with E-state index in [1.807, 2.05) is 12.3 Å². The molecule has 1 saturated heterocycles. The molecule has 0 aliphatic carbocycles. The number of fused-ring (bicyclic) bond motifs is 3. The van der Waals surface area contributed by atoms with Crippen molar-refractivity contribution in [2.24, 2.45) is 0 Å². The Morgan fingerprint density at radius 3 is 2.78 bits per heavy atom. The zero-order chi connectivity index (χ0) is 22.3. The first-order valence-corrected chi connectivity index (χ1v) is 11.1. The second kappa shape index (κ2) is 8.06. The van der Waals surface area contributed by atoms with Crippen molar-refractivity contribution in [3.63, 3.8) is 0 Å². The first kappa shape index (κ1) is 20.7. The monoisotopic (exact) mass is 431 g/mol. The quantitative estimate of drug-likeness (QED) is 0.667. The number of methoxy groups -OCH3 is 1. The number of anilines is 1. The summed E-state index contributed by atoms with van der Waals surface area (Å²) in [6.45, 7) is 9.14. The summed E-state index contributed by atoms with van der Waals surface area (Å²) in [4.78, 5) is 7.13. The van der Waals surface area contributed by atoms with Crippen LogP contribution in [0.15, 0.2) is 42.7 Å². The van der Waals surface area contributed by atoms with Gasteiger partial charge in [0, 0.05) is 54.1 Å². The summed E-state index contributed by atoms with van der Waals surface area (Å²) in [5.74, 6) is 2.38. The van der Waals surface area contributed by atoms with Gasteiger partial charge in [-0.3, -0.25) is 0 Å². The first-order chi connectivity index (χ1) is 15.4. The lowest BCUT2D eigenvalue weighted by Gasteiger charge is -2.27. The van der Waals surface area contributed by atoms with Gasteiger partial charge in [-0.25, -0.2) is 4.98 Å². The minimum Gasteiger partial charge on any atom is -0.488 e. The molecule has 0 amide bonds. The Balaban J connectivity index is 1.38. The molecule has 7 heteroatoms. The fraction of sp³-hybridized carbons (Fsp3) is 0.400. The van der Waals surface area contributed by atoms with Gasteiger partial charge in [-0.1, -0.05) is 12.1 Å². The summed E-state index contributed by atoms with van der Waals surface area (Å²) in [7, 11) is 1.59. The summed E-state index contributed by atoms with van der Waals surface area (Å²) < 4.78 is 11.4. The summed E-state index contributed by atoms with van der Waals surface area (Å²) in [5, 5.41) is 11.7. The Morgan fingerprint density at radius 1 is 1.09 bits per heavy atom. The van der Waals surface area contributed by atoms with E-state index in [9.17, 15) is 0 Å². The Kier molecular flexibility index (Phi) is 5.21. The molecule has 5 rings (SSSR count). The van der Waals surface area contributed by atoms with Crippen molar-refractivity contribution in [3.8, 4) is 33.9 Å². The van der Waals surface area contributed by atoms with Crippen LogP contribution in [-0.2, 0) is 6.61 Å². The summed E-state index contributed by atoms with van der Waals surface area (Å²) >= 11 is 0. The highest BCUT2D eigenvalue weighted by molar-refractivity contribution is 5.79. The maximum atomic E-state index is 6.16. The average Bonchev–Trinajstić information content (AvgIpc) is 3.25. The topological polar surface area (TPSA) is 72.4 Å². The van der Waals surface area contributed by atoms with E-state index in [4.69, 9.17) is 14.5 Å². The van der Waals surface area contributed by atoms with Crippen molar-refractivity contribution in [1.29, 1.82) is 0 Å². The highest BCUT2D eigenvalue weighted by atomic mass is 16.5. The van der Waals surface area contributed by atoms with Gasteiger partial charge in [0.2, 0.25) is 5.88 Å². The van der Waals surface area contributed by atoms with Gasteiger partial charge in [-0.2, -0.15) is 5.10 Å². The lowest BCUT2D eigenvalue weighted by Crippen LogP contribution is -2.44. The standard InChI is InChI=1S/C25H29N5O2/c1-25(2,3)28-19-7-8-30(14-19)23-11-22-21(13-26-23)20-6-5-16(9-18(20)15-32-22)17-10-24(31-4)29-27-12-17/h5-6,9-13,19,28H,7-8,14-15H2,1-4H3. The normalized spacial score (nSPS) is 17.5.